The smallest absolute Gasteiger partial charge is 0.432 e. The first-order valence-corrected chi connectivity index (χ1v) is 10.3. The molecule has 0 fully saturated rings. The normalized spacial score (nSPS) is 12.2. The number of hydrogen-bond acceptors (Lipinski definition) is 5. The summed E-state index contributed by atoms with van der Waals surface area (Å²) in [4.78, 5) is 0.632. The van der Waals surface area contributed by atoms with Crippen molar-refractivity contribution >= 4 is 38.6 Å². The molecule has 1 aromatic carbocycles. The molecule has 150 valence electrons. The van der Waals surface area contributed by atoms with E-state index in [4.69, 9.17) is 16.3 Å². The number of alkyl halides is 3. The highest BCUT2D eigenvalue weighted by Crippen LogP contribution is 2.36. The van der Waals surface area contributed by atoms with Crippen molar-refractivity contribution in [2.75, 3.05) is 11.8 Å². The highest BCUT2D eigenvalue weighted by atomic mass is 35.5. The van der Waals surface area contributed by atoms with Gasteiger partial charge in [-0.3, -0.25) is 9.82 Å². The number of ether oxygens (including phenoxy) is 1. The Hall–Kier alpha value is -2.24. The molecule has 2 N–H and O–H groups in total. The fraction of sp³-hybridized carbons (Fsp3) is 0.188. The molecule has 28 heavy (non-hydrogen) atoms. The SMILES string of the molecule is COc1ccc(NS(=O)(=O)c2cc(-c3cc(C(F)(F)F)[nH]n3)sc2C)cc1Cl. The zero-order valence-electron chi connectivity index (χ0n) is 14.4. The third kappa shape index (κ3) is 4.10. The van der Waals surface area contributed by atoms with Crippen molar-refractivity contribution in [2.24, 2.45) is 0 Å². The zero-order chi connectivity index (χ0) is 20.7. The number of aryl methyl sites for hydroxylation is 1. The zero-order valence-corrected chi connectivity index (χ0v) is 16.8. The molecule has 0 aliphatic carbocycles. The van der Waals surface area contributed by atoms with E-state index < -0.39 is 21.9 Å². The molecule has 0 aliphatic heterocycles. The second-order valence-corrected chi connectivity index (χ2v) is 8.96. The van der Waals surface area contributed by atoms with Gasteiger partial charge in [-0.25, -0.2) is 8.42 Å². The van der Waals surface area contributed by atoms with Crippen LogP contribution in [-0.2, 0) is 16.2 Å². The molecular weight excluding hydrogens is 439 g/mol. The number of rotatable bonds is 5. The van der Waals surface area contributed by atoms with Gasteiger partial charge in [-0.05, 0) is 37.3 Å². The van der Waals surface area contributed by atoms with Gasteiger partial charge in [-0.15, -0.1) is 11.3 Å². The lowest BCUT2D eigenvalue weighted by Crippen LogP contribution is -2.13. The number of thiophene rings is 1. The summed E-state index contributed by atoms with van der Waals surface area (Å²) in [6.07, 6.45) is -4.57. The summed E-state index contributed by atoms with van der Waals surface area (Å²) in [5, 5.41) is 5.76. The summed E-state index contributed by atoms with van der Waals surface area (Å²) in [5.41, 5.74) is -0.782. The summed E-state index contributed by atoms with van der Waals surface area (Å²) in [7, 11) is -2.56. The predicted octanol–water partition coefficient (Wildman–Crippen LogP) is 4.93. The van der Waals surface area contributed by atoms with Gasteiger partial charge in [-0.1, -0.05) is 11.6 Å². The number of aromatic nitrogens is 2. The van der Waals surface area contributed by atoms with Crippen molar-refractivity contribution in [1.82, 2.24) is 10.2 Å². The Kier molecular flexibility index (Phi) is 5.34. The number of methoxy groups -OCH3 is 1. The van der Waals surface area contributed by atoms with Crippen LogP contribution in [-0.4, -0.2) is 25.7 Å². The molecular formula is C16H13ClF3N3O3S2. The van der Waals surface area contributed by atoms with Crippen LogP contribution in [0.2, 0.25) is 5.02 Å². The molecule has 0 radical (unpaired) electrons. The van der Waals surface area contributed by atoms with E-state index in [-0.39, 0.29) is 26.2 Å². The van der Waals surface area contributed by atoms with Gasteiger partial charge in [0.25, 0.3) is 10.0 Å². The van der Waals surface area contributed by atoms with E-state index in [1.54, 1.807) is 6.92 Å². The largest absolute Gasteiger partial charge is 0.495 e. The summed E-state index contributed by atoms with van der Waals surface area (Å²) >= 11 is 7.02. The van der Waals surface area contributed by atoms with Gasteiger partial charge in [0, 0.05) is 4.88 Å². The Morgan fingerprint density at radius 3 is 2.54 bits per heavy atom. The monoisotopic (exact) mass is 451 g/mol. The number of halogens is 4. The number of benzene rings is 1. The first-order valence-electron chi connectivity index (χ1n) is 7.61. The maximum atomic E-state index is 12.7. The van der Waals surface area contributed by atoms with Gasteiger partial charge in [0.2, 0.25) is 0 Å². The lowest BCUT2D eigenvalue weighted by Gasteiger charge is -2.09. The van der Waals surface area contributed by atoms with E-state index >= 15 is 0 Å². The van der Waals surface area contributed by atoms with Gasteiger partial charge in [0.15, 0.2) is 0 Å². The summed E-state index contributed by atoms with van der Waals surface area (Å²) in [6, 6.07) is 6.49. The maximum absolute atomic E-state index is 12.7. The molecule has 0 aliphatic rings. The van der Waals surface area contributed by atoms with Crippen LogP contribution in [0.15, 0.2) is 35.2 Å². The van der Waals surface area contributed by atoms with Crippen LogP contribution in [0.3, 0.4) is 0 Å². The van der Waals surface area contributed by atoms with E-state index in [9.17, 15) is 21.6 Å². The van der Waals surface area contributed by atoms with E-state index in [1.807, 2.05) is 5.10 Å². The second kappa shape index (κ2) is 7.30. The van der Waals surface area contributed by atoms with Crippen LogP contribution in [0, 0.1) is 6.92 Å². The topological polar surface area (TPSA) is 84.1 Å². The van der Waals surface area contributed by atoms with Crippen LogP contribution in [0.4, 0.5) is 18.9 Å². The van der Waals surface area contributed by atoms with Crippen LogP contribution in [0.5, 0.6) is 5.75 Å². The third-order valence-corrected chi connectivity index (χ3v) is 6.71. The molecule has 0 bridgehead atoms. The second-order valence-electron chi connectivity index (χ2n) is 5.65. The quantitative estimate of drug-likeness (QED) is 0.576. The van der Waals surface area contributed by atoms with E-state index in [1.165, 1.54) is 31.4 Å². The Morgan fingerprint density at radius 2 is 1.96 bits per heavy atom. The Balaban J connectivity index is 1.91. The fourth-order valence-corrected chi connectivity index (χ4v) is 5.25. The first-order chi connectivity index (χ1) is 13.0. The van der Waals surface area contributed by atoms with E-state index in [0.717, 1.165) is 17.4 Å². The molecule has 3 rings (SSSR count). The lowest BCUT2D eigenvalue weighted by atomic mass is 10.3. The van der Waals surface area contributed by atoms with Crippen LogP contribution >= 0.6 is 22.9 Å². The molecule has 6 nitrogen and oxygen atoms in total. The molecule has 0 spiro atoms. The average Bonchev–Trinajstić information content (AvgIpc) is 3.21. The van der Waals surface area contributed by atoms with Crippen molar-refractivity contribution in [3.8, 4) is 16.3 Å². The average molecular weight is 452 g/mol. The molecule has 0 saturated heterocycles. The van der Waals surface area contributed by atoms with Gasteiger partial charge < -0.3 is 4.74 Å². The number of aromatic amines is 1. The number of nitrogens with zero attached hydrogens (tertiary/aromatic N) is 1. The maximum Gasteiger partial charge on any atom is 0.432 e. The van der Waals surface area contributed by atoms with Gasteiger partial charge in [-0.2, -0.15) is 18.3 Å². The van der Waals surface area contributed by atoms with E-state index in [2.05, 4.69) is 9.82 Å². The van der Waals surface area contributed by atoms with Gasteiger partial charge in [0.05, 0.1) is 22.7 Å². The first kappa shape index (κ1) is 20.5. The molecule has 0 unspecified atom stereocenters. The molecule has 12 heteroatoms. The highest BCUT2D eigenvalue weighted by molar-refractivity contribution is 7.93. The summed E-state index contributed by atoms with van der Waals surface area (Å²) in [6.45, 7) is 1.56. The molecule has 2 heterocycles. The summed E-state index contributed by atoms with van der Waals surface area (Å²) in [5.74, 6) is 0.387. The molecule has 0 saturated carbocycles. The number of nitrogens with one attached hydrogen (secondary N) is 2. The van der Waals surface area contributed by atoms with Crippen LogP contribution < -0.4 is 9.46 Å². The van der Waals surface area contributed by atoms with Crippen LogP contribution in [0.1, 0.15) is 10.6 Å². The van der Waals surface area contributed by atoms with Crippen molar-refractivity contribution in [3.63, 3.8) is 0 Å². The Bertz CT molecular complexity index is 1120. The number of sulfonamides is 1. The van der Waals surface area contributed by atoms with Crippen molar-refractivity contribution in [2.45, 2.75) is 18.0 Å². The minimum absolute atomic E-state index is 0.00867. The number of H-pyrrole nitrogens is 1. The number of anilines is 1. The van der Waals surface area contributed by atoms with Crippen molar-refractivity contribution in [3.05, 3.63) is 45.9 Å². The molecule has 3 aromatic rings. The summed E-state index contributed by atoms with van der Waals surface area (Å²) < 4.78 is 71.0. The highest BCUT2D eigenvalue weighted by Gasteiger charge is 2.33. The lowest BCUT2D eigenvalue weighted by molar-refractivity contribution is -0.141. The Labute approximate surface area is 167 Å². The molecule has 2 aromatic heterocycles. The minimum atomic E-state index is -4.57. The van der Waals surface area contributed by atoms with Gasteiger partial charge >= 0.3 is 6.18 Å². The standard InChI is InChI=1S/C16H13ClF3N3O3S2/c1-8-14(7-13(27-8)11-6-15(22-21-11)16(18,19)20)28(24,25)23-9-3-4-12(26-2)10(17)5-9/h3-7,23H,1-2H3,(H,21,22). The van der Waals surface area contributed by atoms with Gasteiger partial charge in [0.1, 0.15) is 22.0 Å². The van der Waals surface area contributed by atoms with Crippen molar-refractivity contribution in [1.29, 1.82) is 0 Å². The fourth-order valence-electron chi connectivity index (χ4n) is 2.39. The number of hydrogen-bond donors (Lipinski definition) is 2. The van der Waals surface area contributed by atoms with Crippen molar-refractivity contribution < 1.29 is 26.3 Å². The third-order valence-electron chi connectivity index (χ3n) is 3.70. The predicted molar refractivity (Wildman–Crippen MR) is 100 cm³/mol. The van der Waals surface area contributed by atoms with E-state index in [0.29, 0.717) is 10.6 Å². The van der Waals surface area contributed by atoms with Crippen LogP contribution in [0.25, 0.3) is 10.6 Å². The Morgan fingerprint density at radius 1 is 1.25 bits per heavy atom. The molecule has 0 amide bonds. The minimum Gasteiger partial charge on any atom is -0.495 e. The molecule has 0 atom stereocenters.